The molecule has 1 saturated heterocycles. The Labute approximate surface area is 168 Å². The number of imidazole rings is 1. The molecule has 1 fully saturated rings. The molecule has 0 spiro atoms. The molecule has 2 aromatic rings. The van der Waals surface area contributed by atoms with Crippen LogP contribution in [0.2, 0.25) is 0 Å². The fourth-order valence-electron chi connectivity index (χ4n) is 3.33. The molecule has 1 amide bonds. The van der Waals surface area contributed by atoms with Crippen LogP contribution in [-0.4, -0.2) is 61.5 Å². The molecule has 10 heteroatoms. The van der Waals surface area contributed by atoms with Crippen molar-refractivity contribution in [3.05, 3.63) is 20.8 Å². The van der Waals surface area contributed by atoms with E-state index in [4.69, 9.17) is 11.2 Å². The van der Waals surface area contributed by atoms with Gasteiger partial charge in [0.25, 0.3) is 5.56 Å². The topological polar surface area (TPSA) is 94.6 Å². The second kappa shape index (κ2) is 7.31. The Kier molecular flexibility index (Phi) is 5.17. The molecule has 10 nitrogen and oxygen atoms in total. The Morgan fingerprint density at radius 3 is 2.31 bits per heavy atom. The van der Waals surface area contributed by atoms with Gasteiger partial charge in [-0.05, 0) is 20.8 Å². The van der Waals surface area contributed by atoms with Crippen LogP contribution in [0.5, 0.6) is 0 Å². The van der Waals surface area contributed by atoms with Gasteiger partial charge in [0.2, 0.25) is 5.95 Å². The Morgan fingerprint density at radius 2 is 1.76 bits per heavy atom. The van der Waals surface area contributed by atoms with E-state index in [-0.39, 0.29) is 23.8 Å². The molecule has 0 saturated carbocycles. The largest absolute Gasteiger partial charge is 0.444 e. The molecule has 0 bridgehead atoms. The van der Waals surface area contributed by atoms with Crippen molar-refractivity contribution < 1.29 is 9.53 Å². The van der Waals surface area contributed by atoms with E-state index in [0.29, 0.717) is 32.1 Å². The first-order chi connectivity index (χ1) is 13.5. The Balaban J connectivity index is 1.95. The zero-order valence-corrected chi connectivity index (χ0v) is 17.4. The second-order valence-corrected chi connectivity index (χ2v) is 8.03. The van der Waals surface area contributed by atoms with Crippen molar-refractivity contribution in [2.24, 2.45) is 14.1 Å². The predicted molar refractivity (Wildman–Crippen MR) is 109 cm³/mol. The van der Waals surface area contributed by atoms with Crippen molar-refractivity contribution in [3.63, 3.8) is 0 Å². The van der Waals surface area contributed by atoms with Gasteiger partial charge in [0.05, 0.1) is 6.54 Å². The number of anilines is 1. The van der Waals surface area contributed by atoms with Crippen LogP contribution in [0.3, 0.4) is 0 Å². The van der Waals surface area contributed by atoms with E-state index in [1.54, 1.807) is 16.5 Å². The molecule has 3 heterocycles. The molecule has 0 aromatic carbocycles. The minimum Gasteiger partial charge on any atom is -0.444 e. The number of aryl methyl sites for hydroxylation is 1. The first-order valence-corrected chi connectivity index (χ1v) is 9.37. The van der Waals surface area contributed by atoms with Crippen molar-refractivity contribution in [1.82, 2.24) is 23.6 Å². The number of terminal acetylenes is 1. The maximum Gasteiger partial charge on any atom is 0.410 e. The molecule has 1 aliphatic rings. The van der Waals surface area contributed by atoms with Crippen molar-refractivity contribution >= 4 is 23.2 Å². The summed E-state index contributed by atoms with van der Waals surface area (Å²) in [7, 11) is 3.00. The zero-order chi connectivity index (χ0) is 21.5. The zero-order valence-electron chi connectivity index (χ0n) is 17.4. The summed E-state index contributed by atoms with van der Waals surface area (Å²) < 4.78 is 9.46. The van der Waals surface area contributed by atoms with E-state index >= 15 is 0 Å². The summed E-state index contributed by atoms with van der Waals surface area (Å²) in [4.78, 5) is 45.4. The fourth-order valence-corrected chi connectivity index (χ4v) is 3.33. The number of nitrogens with zero attached hydrogens (tertiary/aromatic N) is 6. The SMILES string of the molecule is C#CCn1c(N2CCN(C(=O)OC(C)(C)C)CC2)nc2c1c(=O)n(C)c(=O)n2C. The van der Waals surface area contributed by atoms with Gasteiger partial charge in [0, 0.05) is 40.3 Å². The second-order valence-electron chi connectivity index (χ2n) is 8.03. The summed E-state index contributed by atoms with van der Waals surface area (Å²) in [6, 6.07) is 0. The summed E-state index contributed by atoms with van der Waals surface area (Å²) in [5, 5.41) is 0. The predicted octanol–water partition coefficient (Wildman–Crippen LogP) is 0.124. The molecule has 0 atom stereocenters. The van der Waals surface area contributed by atoms with E-state index < -0.39 is 16.9 Å². The van der Waals surface area contributed by atoms with Crippen LogP contribution in [-0.2, 0) is 25.4 Å². The van der Waals surface area contributed by atoms with Crippen LogP contribution in [0.4, 0.5) is 10.7 Å². The fraction of sp³-hybridized carbons (Fsp3) is 0.579. The molecule has 3 rings (SSSR count). The molecule has 156 valence electrons. The molecule has 0 unspecified atom stereocenters. The molecule has 0 radical (unpaired) electrons. The molecular weight excluding hydrogens is 376 g/mol. The highest BCUT2D eigenvalue weighted by molar-refractivity contribution is 5.75. The number of aromatic nitrogens is 4. The van der Waals surface area contributed by atoms with Crippen molar-refractivity contribution in [3.8, 4) is 12.3 Å². The van der Waals surface area contributed by atoms with Crippen LogP contribution in [0.15, 0.2) is 9.59 Å². The van der Waals surface area contributed by atoms with Crippen molar-refractivity contribution in [2.45, 2.75) is 32.9 Å². The quantitative estimate of drug-likeness (QED) is 0.663. The van der Waals surface area contributed by atoms with Gasteiger partial charge in [-0.2, -0.15) is 4.98 Å². The third-order valence-electron chi connectivity index (χ3n) is 4.79. The smallest absolute Gasteiger partial charge is 0.410 e. The molecular formula is C19H26N6O4. The first kappa shape index (κ1) is 20.5. The Morgan fingerprint density at radius 1 is 1.14 bits per heavy atom. The first-order valence-electron chi connectivity index (χ1n) is 9.37. The Hall–Kier alpha value is -3.22. The number of carbonyl (C=O) groups excluding carboxylic acids is 1. The monoisotopic (exact) mass is 402 g/mol. The summed E-state index contributed by atoms with van der Waals surface area (Å²) in [6.07, 6.45) is 5.17. The lowest BCUT2D eigenvalue weighted by Gasteiger charge is -2.36. The number of carbonyl (C=O) groups is 1. The maximum absolute atomic E-state index is 12.7. The Bertz CT molecular complexity index is 1100. The standard InChI is InChI=1S/C19H26N6O4/c1-7-8-25-13-14(21(5)17(27)22(6)15(13)26)20-16(25)23-9-11-24(12-10-23)18(28)29-19(2,3)4/h1H,8-12H2,2-6H3. The van der Waals surface area contributed by atoms with Gasteiger partial charge < -0.3 is 14.5 Å². The molecule has 1 aliphatic heterocycles. The van der Waals surface area contributed by atoms with E-state index in [1.807, 2.05) is 25.7 Å². The molecule has 29 heavy (non-hydrogen) atoms. The highest BCUT2D eigenvalue weighted by Gasteiger charge is 2.29. The van der Waals surface area contributed by atoms with Crippen molar-refractivity contribution in [2.75, 3.05) is 31.1 Å². The minimum absolute atomic E-state index is 0.144. The van der Waals surface area contributed by atoms with E-state index in [9.17, 15) is 14.4 Å². The minimum atomic E-state index is -0.556. The molecule has 0 aliphatic carbocycles. The van der Waals surface area contributed by atoms with Gasteiger partial charge in [-0.25, -0.2) is 9.59 Å². The average molecular weight is 402 g/mol. The lowest BCUT2D eigenvalue weighted by molar-refractivity contribution is 0.0240. The number of piperazine rings is 1. The van der Waals surface area contributed by atoms with Gasteiger partial charge in [-0.3, -0.25) is 18.5 Å². The van der Waals surface area contributed by atoms with Gasteiger partial charge in [-0.1, -0.05) is 5.92 Å². The molecule has 0 N–H and O–H groups in total. The number of hydrogen-bond acceptors (Lipinski definition) is 6. The summed E-state index contributed by atoms with van der Waals surface area (Å²) in [5.41, 5.74) is -0.867. The summed E-state index contributed by atoms with van der Waals surface area (Å²) in [5.74, 6) is 3.07. The van der Waals surface area contributed by atoms with Crippen LogP contribution >= 0.6 is 0 Å². The highest BCUT2D eigenvalue weighted by Crippen LogP contribution is 2.21. The van der Waals surface area contributed by atoms with Crippen LogP contribution < -0.4 is 16.1 Å². The average Bonchev–Trinajstić information content (AvgIpc) is 3.03. The summed E-state index contributed by atoms with van der Waals surface area (Å²) >= 11 is 0. The number of amides is 1. The lowest BCUT2D eigenvalue weighted by Crippen LogP contribution is -2.50. The van der Waals surface area contributed by atoms with Crippen molar-refractivity contribution in [1.29, 1.82) is 0 Å². The number of rotatable bonds is 2. The maximum atomic E-state index is 12.7. The van der Waals surface area contributed by atoms with Gasteiger partial charge in [-0.15, -0.1) is 6.42 Å². The summed E-state index contributed by atoms with van der Waals surface area (Å²) in [6.45, 7) is 7.53. The number of ether oxygens (including phenoxy) is 1. The van der Waals surface area contributed by atoms with Gasteiger partial charge >= 0.3 is 11.8 Å². The number of fused-ring (bicyclic) bond motifs is 1. The third kappa shape index (κ3) is 3.72. The number of hydrogen-bond donors (Lipinski definition) is 0. The molecule has 2 aromatic heterocycles. The van der Waals surface area contributed by atoms with Gasteiger partial charge in [0.1, 0.15) is 5.60 Å². The highest BCUT2D eigenvalue weighted by atomic mass is 16.6. The van der Waals surface area contributed by atoms with Gasteiger partial charge in [0.15, 0.2) is 11.2 Å². The normalized spacial score (nSPS) is 14.9. The van der Waals surface area contributed by atoms with Crippen LogP contribution in [0, 0.1) is 12.3 Å². The van der Waals surface area contributed by atoms with E-state index in [1.165, 1.54) is 11.6 Å². The lowest BCUT2D eigenvalue weighted by atomic mass is 10.2. The van der Waals surface area contributed by atoms with E-state index in [2.05, 4.69) is 10.9 Å². The van der Waals surface area contributed by atoms with Crippen LogP contribution in [0.1, 0.15) is 20.8 Å². The van der Waals surface area contributed by atoms with Crippen LogP contribution in [0.25, 0.3) is 11.2 Å². The third-order valence-corrected chi connectivity index (χ3v) is 4.79. The van der Waals surface area contributed by atoms with E-state index in [0.717, 1.165) is 4.57 Å².